The maximum atomic E-state index is 13.2. The SMILES string of the molecule is COCC[C@H](c1ccccc1)c1nc2c(OC)ccc(C(=O)NC3(Cl)C=C(Cl)C=NC3)c2[nH]1. The first-order valence-corrected chi connectivity index (χ1v) is 11.2. The van der Waals surface area contributed by atoms with Gasteiger partial charge in [0.25, 0.3) is 5.91 Å². The number of rotatable bonds is 8. The van der Waals surface area contributed by atoms with E-state index in [1.807, 2.05) is 18.2 Å². The summed E-state index contributed by atoms with van der Waals surface area (Å²) in [7, 11) is 3.24. The number of aromatic amines is 1. The van der Waals surface area contributed by atoms with Gasteiger partial charge in [-0.25, -0.2) is 4.98 Å². The summed E-state index contributed by atoms with van der Waals surface area (Å²) in [6, 6.07) is 13.5. The molecule has 0 fully saturated rings. The van der Waals surface area contributed by atoms with Crippen LogP contribution in [0.5, 0.6) is 5.75 Å². The van der Waals surface area contributed by atoms with E-state index in [-0.39, 0.29) is 18.4 Å². The molecule has 3 aromatic rings. The lowest BCUT2D eigenvalue weighted by Gasteiger charge is -2.25. The standard InChI is InChI=1S/C24H24Cl2N4O3/c1-32-11-10-17(15-6-4-3-5-7-15)22-28-20-18(8-9-19(33-2)21(20)29-22)23(31)30-24(26)12-16(25)13-27-14-24/h3-9,12-13,17H,10-11,14H2,1-2H3,(H,28,29)(H,30,31)/t17-,24?/m1/s1. The van der Waals surface area contributed by atoms with E-state index in [1.54, 1.807) is 32.4 Å². The molecule has 1 aliphatic heterocycles. The Balaban J connectivity index is 1.75. The summed E-state index contributed by atoms with van der Waals surface area (Å²) in [6.07, 6.45) is 3.79. The molecule has 1 amide bonds. The van der Waals surface area contributed by atoms with E-state index in [2.05, 4.69) is 27.4 Å². The minimum absolute atomic E-state index is 0.0482. The maximum Gasteiger partial charge on any atom is 0.255 e. The molecule has 1 aromatic heterocycles. The Morgan fingerprint density at radius 3 is 2.73 bits per heavy atom. The van der Waals surface area contributed by atoms with Crippen molar-refractivity contribution in [2.45, 2.75) is 17.3 Å². The molecule has 0 saturated carbocycles. The van der Waals surface area contributed by atoms with Crippen LogP contribution in [0, 0.1) is 0 Å². The summed E-state index contributed by atoms with van der Waals surface area (Å²) in [6.45, 7) is 0.737. The zero-order valence-corrected chi connectivity index (χ0v) is 19.8. The lowest BCUT2D eigenvalue weighted by atomic mass is 9.95. The molecule has 4 rings (SSSR count). The van der Waals surface area contributed by atoms with Crippen LogP contribution in [0.4, 0.5) is 0 Å². The predicted molar refractivity (Wildman–Crippen MR) is 131 cm³/mol. The van der Waals surface area contributed by atoms with Gasteiger partial charge in [-0.05, 0) is 30.2 Å². The summed E-state index contributed by atoms with van der Waals surface area (Å²) in [4.78, 5) is 24.3. The molecule has 172 valence electrons. The van der Waals surface area contributed by atoms with Crippen LogP contribution >= 0.6 is 23.2 Å². The average Bonchev–Trinajstić information content (AvgIpc) is 3.24. The van der Waals surface area contributed by atoms with Crippen molar-refractivity contribution >= 4 is 46.4 Å². The first kappa shape index (κ1) is 23.3. The number of H-pyrrole nitrogens is 1. The van der Waals surface area contributed by atoms with Gasteiger partial charge in [-0.3, -0.25) is 9.79 Å². The molecule has 7 nitrogen and oxygen atoms in total. The number of carbonyl (C=O) groups is 1. The Morgan fingerprint density at radius 1 is 1.24 bits per heavy atom. The maximum absolute atomic E-state index is 13.2. The highest BCUT2D eigenvalue weighted by atomic mass is 35.5. The van der Waals surface area contributed by atoms with Crippen LogP contribution in [0.15, 0.2) is 58.6 Å². The van der Waals surface area contributed by atoms with Crippen molar-refractivity contribution in [3.05, 3.63) is 70.5 Å². The van der Waals surface area contributed by atoms with Crippen LogP contribution in [0.3, 0.4) is 0 Å². The van der Waals surface area contributed by atoms with Gasteiger partial charge in [0.1, 0.15) is 17.1 Å². The van der Waals surface area contributed by atoms with Crippen LogP contribution in [0.25, 0.3) is 11.0 Å². The predicted octanol–water partition coefficient (Wildman–Crippen LogP) is 4.61. The van der Waals surface area contributed by atoms with Gasteiger partial charge in [0.15, 0.2) is 5.00 Å². The van der Waals surface area contributed by atoms with Gasteiger partial charge in [0.05, 0.1) is 29.8 Å². The first-order chi connectivity index (χ1) is 15.9. The first-order valence-electron chi connectivity index (χ1n) is 10.4. The molecule has 2 heterocycles. The van der Waals surface area contributed by atoms with Gasteiger partial charge >= 0.3 is 0 Å². The molecular weight excluding hydrogens is 463 g/mol. The molecule has 2 N–H and O–H groups in total. The Bertz CT molecular complexity index is 1210. The van der Waals surface area contributed by atoms with E-state index in [0.29, 0.717) is 34.0 Å². The summed E-state index contributed by atoms with van der Waals surface area (Å²) < 4.78 is 10.8. The number of benzene rings is 2. The number of nitrogens with one attached hydrogen (secondary N) is 2. The van der Waals surface area contributed by atoms with Crippen molar-refractivity contribution in [2.24, 2.45) is 4.99 Å². The molecule has 0 spiro atoms. The minimum atomic E-state index is -1.21. The third kappa shape index (κ3) is 5.05. The van der Waals surface area contributed by atoms with Crippen LogP contribution in [-0.2, 0) is 4.74 Å². The number of nitrogens with zero attached hydrogens (tertiary/aromatic N) is 2. The third-order valence-corrected chi connectivity index (χ3v) is 5.99. The van der Waals surface area contributed by atoms with E-state index < -0.39 is 5.00 Å². The highest BCUT2D eigenvalue weighted by Gasteiger charge is 2.31. The van der Waals surface area contributed by atoms with Gasteiger partial charge in [0, 0.05) is 25.8 Å². The van der Waals surface area contributed by atoms with Crippen molar-refractivity contribution in [3.8, 4) is 5.75 Å². The summed E-state index contributed by atoms with van der Waals surface area (Å²) in [5, 5.41) is 3.18. The van der Waals surface area contributed by atoms with Gasteiger partial charge in [-0.1, -0.05) is 53.5 Å². The number of halogens is 2. The number of allylic oxidation sites excluding steroid dienone is 1. The van der Waals surface area contributed by atoms with E-state index >= 15 is 0 Å². The van der Waals surface area contributed by atoms with Gasteiger partial charge < -0.3 is 19.8 Å². The van der Waals surface area contributed by atoms with Crippen LogP contribution in [0.2, 0.25) is 0 Å². The number of hydrogen-bond acceptors (Lipinski definition) is 5. The number of alkyl halides is 1. The molecule has 1 unspecified atom stereocenters. The highest BCUT2D eigenvalue weighted by molar-refractivity contribution is 6.40. The van der Waals surface area contributed by atoms with E-state index in [4.69, 9.17) is 37.7 Å². The number of aromatic nitrogens is 2. The second kappa shape index (κ2) is 9.95. The Kier molecular flexibility index (Phi) is 7.02. The quantitative estimate of drug-likeness (QED) is 0.359. The van der Waals surface area contributed by atoms with Crippen molar-refractivity contribution < 1.29 is 14.3 Å². The van der Waals surface area contributed by atoms with Crippen molar-refractivity contribution in [3.63, 3.8) is 0 Å². The number of dihydropyridines is 1. The lowest BCUT2D eigenvalue weighted by Crippen LogP contribution is -2.46. The number of aliphatic imine (C=N–C) groups is 1. The average molecular weight is 487 g/mol. The summed E-state index contributed by atoms with van der Waals surface area (Å²) in [5.41, 5.74) is 2.62. The van der Waals surface area contributed by atoms with Gasteiger partial charge in [-0.2, -0.15) is 0 Å². The molecule has 0 saturated heterocycles. The number of imidazole rings is 1. The van der Waals surface area contributed by atoms with Crippen LogP contribution in [-0.4, -0.2) is 54.5 Å². The minimum Gasteiger partial charge on any atom is -0.494 e. The van der Waals surface area contributed by atoms with Crippen molar-refractivity contribution in [1.82, 2.24) is 15.3 Å². The van der Waals surface area contributed by atoms with E-state index in [9.17, 15) is 4.79 Å². The molecule has 0 bridgehead atoms. The van der Waals surface area contributed by atoms with Gasteiger partial charge in [0.2, 0.25) is 0 Å². The second-order valence-electron chi connectivity index (χ2n) is 7.72. The number of methoxy groups -OCH3 is 2. The number of fused-ring (bicyclic) bond motifs is 1. The fourth-order valence-electron chi connectivity index (χ4n) is 3.89. The molecular formula is C24H24Cl2N4O3. The van der Waals surface area contributed by atoms with Crippen LogP contribution < -0.4 is 10.1 Å². The van der Waals surface area contributed by atoms with Gasteiger partial charge in [-0.15, -0.1) is 0 Å². The fourth-order valence-corrected chi connectivity index (χ4v) is 4.47. The normalized spacial score (nSPS) is 18.7. The third-order valence-electron chi connectivity index (χ3n) is 5.46. The fraction of sp³-hybridized carbons (Fsp3) is 0.292. The number of hydrogen-bond donors (Lipinski definition) is 2. The van der Waals surface area contributed by atoms with E-state index in [1.165, 1.54) is 6.21 Å². The zero-order valence-electron chi connectivity index (χ0n) is 18.3. The highest BCUT2D eigenvalue weighted by Crippen LogP contribution is 2.33. The van der Waals surface area contributed by atoms with Crippen LogP contribution in [0.1, 0.15) is 34.1 Å². The second-order valence-corrected chi connectivity index (χ2v) is 8.83. The molecule has 0 radical (unpaired) electrons. The van der Waals surface area contributed by atoms with Crippen molar-refractivity contribution in [2.75, 3.05) is 27.4 Å². The summed E-state index contributed by atoms with van der Waals surface area (Å²) in [5.74, 6) is 0.859. The molecule has 0 aliphatic carbocycles. The van der Waals surface area contributed by atoms with Crippen molar-refractivity contribution in [1.29, 1.82) is 0 Å². The topological polar surface area (TPSA) is 88.6 Å². The Morgan fingerprint density at radius 2 is 2.03 bits per heavy atom. The lowest BCUT2D eigenvalue weighted by molar-refractivity contribution is 0.0940. The molecule has 2 atom stereocenters. The Labute approximate surface area is 201 Å². The summed E-state index contributed by atoms with van der Waals surface area (Å²) >= 11 is 12.6. The Hall–Kier alpha value is -2.87. The molecule has 33 heavy (non-hydrogen) atoms. The number of ether oxygens (including phenoxy) is 2. The smallest absolute Gasteiger partial charge is 0.255 e. The monoisotopic (exact) mass is 486 g/mol. The molecule has 9 heteroatoms. The molecule has 2 aromatic carbocycles. The molecule has 1 aliphatic rings. The van der Waals surface area contributed by atoms with E-state index in [0.717, 1.165) is 17.8 Å². The largest absolute Gasteiger partial charge is 0.494 e. The number of amides is 1. The number of carbonyl (C=O) groups excluding carboxylic acids is 1. The zero-order chi connectivity index (χ0) is 23.4.